The summed E-state index contributed by atoms with van der Waals surface area (Å²) in [7, 11) is 1.45. The fourth-order valence-electron chi connectivity index (χ4n) is 2.10. The molecule has 0 saturated carbocycles. The first-order chi connectivity index (χ1) is 10.1. The van der Waals surface area contributed by atoms with Crippen LogP contribution in [0.3, 0.4) is 0 Å². The second-order valence-corrected chi connectivity index (χ2v) is 4.62. The van der Waals surface area contributed by atoms with E-state index in [1.165, 1.54) is 19.4 Å². The van der Waals surface area contributed by atoms with E-state index in [0.717, 1.165) is 18.6 Å². The largest absolute Gasteiger partial charge is 0.493 e. The molecule has 0 fully saturated rings. The highest BCUT2D eigenvalue weighted by molar-refractivity contribution is 5.98. The van der Waals surface area contributed by atoms with Crippen LogP contribution in [0.5, 0.6) is 5.75 Å². The topological polar surface area (TPSA) is 44.1 Å². The maximum atomic E-state index is 13.6. The van der Waals surface area contributed by atoms with E-state index in [0.29, 0.717) is 18.0 Å². The van der Waals surface area contributed by atoms with Crippen LogP contribution in [0, 0.1) is 11.6 Å². The number of aromatic nitrogens is 2. The lowest BCUT2D eigenvalue weighted by atomic mass is 10.1. The van der Waals surface area contributed by atoms with Gasteiger partial charge in [-0.2, -0.15) is 5.10 Å². The van der Waals surface area contributed by atoms with Crippen molar-refractivity contribution in [3.8, 4) is 5.75 Å². The number of rotatable bonds is 6. The van der Waals surface area contributed by atoms with Crippen LogP contribution in [0.2, 0.25) is 0 Å². The van der Waals surface area contributed by atoms with Crippen molar-refractivity contribution in [2.24, 2.45) is 0 Å². The molecule has 1 heterocycles. The van der Waals surface area contributed by atoms with Crippen LogP contribution in [0.4, 0.5) is 8.78 Å². The van der Waals surface area contributed by atoms with Gasteiger partial charge in [0, 0.05) is 19.0 Å². The number of ketones is 1. The summed E-state index contributed by atoms with van der Waals surface area (Å²) in [5.41, 5.74) is 0.454. The molecule has 0 amide bonds. The molecule has 0 N–H and O–H groups in total. The third-order valence-electron chi connectivity index (χ3n) is 3.09. The van der Waals surface area contributed by atoms with Crippen molar-refractivity contribution in [1.82, 2.24) is 9.78 Å². The van der Waals surface area contributed by atoms with Gasteiger partial charge in [-0.05, 0) is 18.1 Å². The summed E-state index contributed by atoms with van der Waals surface area (Å²) in [5.74, 6) is -1.36. The Labute approximate surface area is 121 Å². The predicted octanol–water partition coefficient (Wildman–Crippen LogP) is 3.01. The van der Waals surface area contributed by atoms with Crippen molar-refractivity contribution < 1.29 is 18.3 Å². The molecule has 6 heteroatoms. The van der Waals surface area contributed by atoms with Gasteiger partial charge in [0.25, 0.3) is 0 Å². The Hall–Kier alpha value is -2.24. The van der Waals surface area contributed by atoms with E-state index in [9.17, 15) is 13.6 Å². The fraction of sp³-hybridized carbons (Fsp3) is 0.333. The number of carbonyl (C=O) groups is 1. The number of methoxy groups -OCH3 is 1. The number of aryl methyl sites for hydroxylation is 1. The Balaban J connectivity index is 2.29. The van der Waals surface area contributed by atoms with E-state index in [1.807, 2.05) is 6.92 Å². The number of carbonyl (C=O) groups excluding carboxylic acids is 1. The minimum absolute atomic E-state index is 0.146. The van der Waals surface area contributed by atoms with Crippen molar-refractivity contribution in [3.05, 3.63) is 47.3 Å². The molecule has 4 nitrogen and oxygen atoms in total. The van der Waals surface area contributed by atoms with E-state index in [2.05, 4.69) is 5.10 Å². The van der Waals surface area contributed by atoms with Crippen molar-refractivity contribution in [1.29, 1.82) is 0 Å². The first-order valence-corrected chi connectivity index (χ1v) is 6.63. The summed E-state index contributed by atoms with van der Waals surface area (Å²) in [6.07, 6.45) is 2.10. The number of hydrogen-bond donors (Lipinski definition) is 0. The second kappa shape index (κ2) is 6.47. The van der Waals surface area contributed by atoms with Gasteiger partial charge in [0.2, 0.25) is 0 Å². The second-order valence-electron chi connectivity index (χ2n) is 4.62. The maximum Gasteiger partial charge on any atom is 0.189 e. The number of halogens is 2. The molecule has 0 bridgehead atoms. The quantitative estimate of drug-likeness (QED) is 0.769. The van der Waals surface area contributed by atoms with Gasteiger partial charge in [-0.25, -0.2) is 8.78 Å². The van der Waals surface area contributed by atoms with E-state index in [-0.39, 0.29) is 17.8 Å². The van der Waals surface area contributed by atoms with Gasteiger partial charge >= 0.3 is 0 Å². The first kappa shape index (κ1) is 15.2. The van der Waals surface area contributed by atoms with Crippen molar-refractivity contribution in [2.45, 2.75) is 26.3 Å². The number of hydrogen-bond acceptors (Lipinski definition) is 3. The Morgan fingerprint density at radius 1 is 1.38 bits per heavy atom. The van der Waals surface area contributed by atoms with Crippen molar-refractivity contribution in [3.63, 3.8) is 0 Å². The molecule has 0 spiro atoms. The van der Waals surface area contributed by atoms with Gasteiger partial charge in [0.1, 0.15) is 17.3 Å². The third kappa shape index (κ3) is 3.26. The van der Waals surface area contributed by atoms with Crippen LogP contribution in [-0.2, 0) is 13.0 Å². The minimum Gasteiger partial charge on any atom is -0.493 e. The van der Waals surface area contributed by atoms with Gasteiger partial charge in [0.05, 0.1) is 13.3 Å². The first-order valence-electron chi connectivity index (χ1n) is 6.63. The lowest BCUT2D eigenvalue weighted by Gasteiger charge is -2.08. The fourth-order valence-corrected chi connectivity index (χ4v) is 2.10. The summed E-state index contributed by atoms with van der Waals surface area (Å²) in [6.45, 7) is 2.53. The van der Waals surface area contributed by atoms with Crippen LogP contribution < -0.4 is 4.74 Å². The molecule has 0 radical (unpaired) electrons. The molecule has 2 rings (SSSR count). The lowest BCUT2D eigenvalue weighted by molar-refractivity contribution is 0.0978. The summed E-state index contributed by atoms with van der Waals surface area (Å²) >= 11 is 0. The zero-order valence-electron chi connectivity index (χ0n) is 11.9. The van der Waals surface area contributed by atoms with Crippen LogP contribution >= 0.6 is 0 Å². The highest BCUT2D eigenvalue weighted by atomic mass is 19.1. The summed E-state index contributed by atoms with van der Waals surface area (Å²) in [6, 6.07) is 3.17. The Morgan fingerprint density at radius 3 is 2.76 bits per heavy atom. The maximum absolute atomic E-state index is 13.6. The minimum atomic E-state index is -0.733. The molecule has 0 aliphatic carbocycles. The third-order valence-corrected chi connectivity index (χ3v) is 3.09. The summed E-state index contributed by atoms with van der Waals surface area (Å²) in [4.78, 5) is 12.4. The average molecular weight is 294 g/mol. The van der Waals surface area contributed by atoms with Crippen molar-refractivity contribution >= 4 is 5.78 Å². The van der Waals surface area contributed by atoms with Gasteiger partial charge in [0.15, 0.2) is 11.5 Å². The molecular weight excluding hydrogens is 278 g/mol. The molecular formula is C15H16F2N2O2. The molecule has 0 aliphatic rings. The summed E-state index contributed by atoms with van der Waals surface area (Å²) < 4.78 is 33.2. The van der Waals surface area contributed by atoms with E-state index in [4.69, 9.17) is 4.74 Å². The monoisotopic (exact) mass is 294 g/mol. The molecule has 0 aliphatic heterocycles. The molecule has 112 valence electrons. The molecule has 21 heavy (non-hydrogen) atoms. The zero-order chi connectivity index (χ0) is 15.4. The molecule has 1 aromatic carbocycles. The lowest BCUT2D eigenvalue weighted by Crippen LogP contribution is -2.14. The zero-order valence-corrected chi connectivity index (χ0v) is 11.9. The normalized spacial score (nSPS) is 10.7. The average Bonchev–Trinajstić information content (AvgIpc) is 2.85. The smallest absolute Gasteiger partial charge is 0.189 e. The van der Waals surface area contributed by atoms with Crippen LogP contribution in [0.25, 0.3) is 0 Å². The number of nitrogens with zero attached hydrogens (tertiary/aromatic N) is 2. The van der Waals surface area contributed by atoms with E-state index < -0.39 is 11.6 Å². The number of benzene rings is 1. The molecule has 0 saturated heterocycles. The van der Waals surface area contributed by atoms with Crippen LogP contribution in [0.1, 0.15) is 29.4 Å². The molecule has 1 aromatic heterocycles. The Kier molecular flexibility index (Phi) is 4.67. The van der Waals surface area contributed by atoms with Crippen molar-refractivity contribution in [2.75, 3.05) is 7.11 Å². The Bertz CT molecular complexity index is 653. The van der Waals surface area contributed by atoms with Gasteiger partial charge < -0.3 is 4.74 Å². The van der Waals surface area contributed by atoms with Crippen LogP contribution in [0.15, 0.2) is 24.4 Å². The van der Waals surface area contributed by atoms with E-state index in [1.54, 1.807) is 4.68 Å². The van der Waals surface area contributed by atoms with Gasteiger partial charge in [-0.1, -0.05) is 13.0 Å². The highest BCUT2D eigenvalue weighted by Crippen LogP contribution is 2.21. The van der Waals surface area contributed by atoms with Crippen LogP contribution in [-0.4, -0.2) is 22.7 Å². The van der Waals surface area contributed by atoms with Gasteiger partial charge in [-0.15, -0.1) is 0 Å². The SMILES string of the molecule is CCCn1ncc(OC)c1C(=O)Cc1ccc(F)cc1F. The standard InChI is InChI=1S/C15H16F2N2O2/c1-3-6-19-15(14(21-2)9-18-19)13(20)7-10-4-5-11(16)8-12(10)17/h4-5,8-9H,3,6-7H2,1-2H3. The number of Topliss-reactive ketones (excluding diaryl/α,β-unsaturated/α-hetero) is 1. The van der Waals surface area contributed by atoms with Gasteiger partial charge in [-0.3, -0.25) is 9.48 Å². The Morgan fingerprint density at radius 2 is 2.14 bits per heavy atom. The summed E-state index contributed by atoms with van der Waals surface area (Å²) in [5, 5.41) is 4.09. The predicted molar refractivity (Wildman–Crippen MR) is 73.5 cm³/mol. The number of ether oxygens (including phenoxy) is 1. The highest BCUT2D eigenvalue weighted by Gasteiger charge is 2.20. The molecule has 2 aromatic rings. The molecule has 0 atom stereocenters. The van der Waals surface area contributed by atoms with E-state index >= 15 is 0 Å². The molecule has 0 unspecified atom stereocenters.